The number of halogens is 1. The minimum atomic E-state index is -1.22. The molecule has 124 valence electrons. The Kier molecular flexibility index (Phi) is 4.46. The van der Waals surface area contributed by atoms with Crippen LogP contribution in [0.5, 0.6) is 0 Å². The fourth-order valence-electron chi connectivity index (χ4n) is 2.42. The summed E-state index contributed by atoms with van der Waals surface area (Å²) >= 11 is -1.22. The summed E-state index contributed by atoms with van der Waals surface area (Å²) in [6.45, 7) is 6.48. The number of hydrogen-bond donors (Lipinski definition) is 1. The summed E-state index contributed by atoms with van der Waals surface area (Å²) in [4.78, 5) is 0. The third-order valence-electron chi connectivity index (χ3n) is 3.69. The van der Waals surface area contributed by atoms with E-state index in [1.807, 2.05) is 20.8 Å². The SMILES string of the molecule is CC(C)(C)[S@+]([O-])NC1COCc2c1cnn2-c1ccccc1F. The summed E-state index contributed by atoms with van der Waals surface area (Å²) in [7, 11) is 0. The maximum Gasteiger partial charge on any atom is 0.148 e. The van der Waals surface area contributed by atoms with Crippen LogP contribution in [0.1, 0.15) is 38.1 Å². The van der Waals surface area contributed by atoms with E-state index in [0.717, 1.165) is 11.3 Å². The zero-order chi connectivity index (χ0) is 16.6. The van der Waals surface area contributed by atoms with Crippen LogP contribution in [-0.4, -0.2) is 25.7 Å². The highest BCUT2D eigenvalue weighted by atomic mass is 32.2. The van der Waals surface area contributed by atoms with Crippen LogP contribution >= 0.6 is 0 Å². The number of rotatable bonds is 3. The summed E-state index contributed by atoms with van der Waals surface area (Å²) < 4.78 is 36.2. The first kappa shape index (κ1) is 16.4. The van der Waals surface area contributed by atoms with Gasteiger partial charge in [0.2, 0.25) is 0 Å². The average molecular weight is 337 g/mol. The molecule has 23 heavy (non-hydrogen) atoms. The lowest BCUT2D eigenvalue weighted by atomic mass is 10.1. The summed E-state index contributed by atoms with van der Waals surface area (Å²) in [5, 5.41) is 4.31. The third-order valence-corrected chi connectivity index (χ3v) is 5.30. The molecule has 2 atom stereocenters. The number of aromatic nitrogens is 2. The number of nitrogens with one attached hydrogen (secondary N) is 1. The predicted octanol–water partition coefficient (Wildman–Crippen LogP) is 2.63. The van der Waals surface area contributed by atoms with Crippen LogP contribution in [0.3, 0.4) is 0 Å². The van der Waals surface area contributed by atoms with Gasteiger partial charge in [-0.05, 0) is 32.9 Å². The number of nitrogens with zero attached hydrogens (tertiary/aromatic N) is 2. The molecule has 0 spiro atoms. The van der Waals surface area contributed by atoms with E-state index in [4.69, 9.17) is 4.74 Å². The highest BCUT2D eigenvalue weighted by Crippen LogP contribution is 2.29. The molecule has 0 aliphatic carbocycles. The Morgan fingerprint density at radius 3 is 2.83 bits per heavy atom. The van der Waals surface area contributed by atoms with E-state index in [1.54, 1.807) is 29.1 Å². The van der Waals surface area contributed by atoms with Crippen LogP contribution in [0.15, 0.2) is 30.5 Å². The second kappa shape index (κ2) is 6.24. The van der Waals surface area contributed by atoms with Crippen molar-refractivity contribution in [3.8, 4) is 5.69 Å². The number of hydrogen-bond acceptors (Lipinski definition) is 4. The van der Waals surface area contributed by atoms with Crippen molar-refractivity contribution in [2.24, 2.45) is 0 Å². The van der Waals surface area contributed by atoms with Gasteiger partial charge in [-0.25, -0.2) is 9.07 Å². The van der Waals surface area contributed by atoms with Gasteiger partial charge in [0.15, 0.2) is 0 Å². The van der Waals surface area contributed by atoms with E-state index < -0.39 is 11.4 Å². The molecule has 1 unspecified atom stereocenters. The van der Waals surface area contributed by atoms with Crippen LogP contribution in [-0.2, 0) is 22.7 Å². The summed E-state index contributed by atoms with van der Waals surface area (Å²) in [6, 6.07) is 6.26. The molecule has 1 N–H and O–H groups in total. The number of para-hydroxylation sites is 1. The van der Waals surface area contributed by atoms with Gasteiger partial charge in [0.05, 0.1) is 25.1 Å². The highest BCUT2D eigenvalue weighted by molar-refractivity contribution is 7.90. The maximum atomic E-state index is 14.0. The largest absolute Gasteiger partial charge is 0.598 e. The molecule has 3 rings (SSSR count). The third kappa shape index (κ3) is 3.28. The normalized spacial score (nSPS) is 19.4. The van der Waals surface area contributed by atoms with Crippen molar-refractivity contribution in [2.45, 2.75) is 38.2 Å². The van der Waals surface area contributed by atoms with Gasteiger partial charge in [0.25, 0.3) is 0 Å². The van der Waals surface area contributed by atoms with E-state index in [1.165, 1.54) is 6.07 Å². The molecule has 0 saturated heterocycles. The summed E-state index contributed by atoms with van der Waals surface area (Å²) in [5.41, 5.74) is 2.07. The molecule has 0 saturated carbocycles. The molecule has 5 nitrogen and oxygen atoms in total. The van der Waals surface area contributed by atoms with Gasteiger partial charge in [-0.1, -0.05) is 12.1 Å². The van der Waals surface area contributed by atoms with E-state index in [2.05, 4.69) is 9.82 Å². The summed E-state index contributed by atoms with van der Waals surface area (Å²) in [6.07, 6.45) is 1.70. The Morgan fingerprint density at radius 2 is 2.13 bits per heavy atom. The number of fused-ring (bicyclic) bond motifs is 1. The van der Waals surface area contributed by atoms with Gasteiger partial charge in [0, 0.05) is 16.9 Å². The summed E-state index contributed by atoms with van der Waals surface area (Å²) in [5.74, 6) is -0.341. The van der Waals surface area contributed by atoms with Crippen molar-refractivity contribution in [2.75, 3.05) is 6.61 Å². The topological polar surface area (TPSA) is 62.1 Å². The molecule has 0 fully saturated rings. The average Bonchev–Trinajstić information content (AvgIpc) is 2.91. The van der Waals surface area contributed by atoms with Crippen LogP contribution in [0.2, 0.25) is 0 Å². The molecule has 2 heterocycles. The van der Waals surface area contributed by atoms with Gasteiger partial charge in [-0.15, -0.1) is 4.72 Å². The maximum absolute atomic E-state index is 14.0. The van der Waals surface area contributed by atoms with Crippen molar-refractivity contribution in [1.82, 2.24) is 14.5 Å². The van der Waals surface area contributed by atoms with Gasteiger partial charge in [0.1, 0.15) is 22.3 Å². The van der Waals surface area contributed by atoms with E-state index >= 15 is 0 Å². The number of benzene rings is 1. The van der Waals surface area contributed by atoms with Crippen LogP contribution < -0.4 is 4.72 Å². The minimum Gasteiger partial charge on any atom is -0.598 e. The molecule has 0 radical (unpaired) electrons. The Bertz CT molecular complexity index is 699. The van der Waals surface area contributed by atoms with Gasteiger partial charge >= 0.3 is 0 Å². The lowest BCUT2D eigenvalue weighted by Crippen LogP contribution is -2.43. The zero-order valence-corrected chi connectivity index (χ0v) is 14.2. The first-order chi connectivity index (χ1) is 10.9. The molecule has 1 aromatic carbocycles. The van der Waals surface area contributed by atoms with Gasteiger partial charge < -0.3 is 9.29 Å². The molecule has 1 aliphatic heterocycles. The predicted molar refractivity (Wildman–Crippen MR) is 87.0 cm³/mol. The smallest absolute Gasteiger partial charge is 0.148 e. The molecule has 2 aromatic rings. The molecule has 1 aliphatic rings. The molecular formula is C16H20FN3O2S. The van der Waals surface area contributed by atoms with Gasteiger partial charge in [-0.2, -0.15) is 5.10 Å². The lowest BCUT2D eigenvalue weighted by Gasteiger charge is -2.30. The standard InChI is InChI=1S/C16H20FN3O2S/c1-16(2,3)23(21)19-13-9-22-10-15-11(13)8-18-20(15)14-7-5-4-6-12(14)17/h4-8,13,19H,9-10H2,1-3H3/t13?,23-/m0/s1. The second-order valence-electron chi connectivity index (χ2n) is 6.48. The minimum absolute atomic E-state index is 0.223. The monoisotopic (exact) mass is 337 g/mol. The highest BCUT2D eigenvalue weighted by Gasteiger charge is 2.34. The van der Waals surface area contributed by atoms with Crippen LogP contribution in [0.4, 0.5) is 4.39 Å². The first-order valence-electron chi connectivity index (χ1n) is 7.45. The molecule has 0 amide bonds. The molecule has 7 heteroatoms. The molecule has 0 bridgehead atoms. The van der Waals surface area contributed by atoms with Gasteiger partial charge in [-0.3, -0.25) is 0 Å². The molecular weight excluding hydrogens is 317 g/mol. The Hall–Kier alpha value is -1.41. The molecule has 1 aromatic heterocycles. The fourth-order valence-corrected chi connectivity index (χ4v) is 3.23. The van der Waals surface area contributed by atoms with E-state index in [9.17, 15) is 8.94 Å². The zero-order valence-electron chi connectivity index (χ0n) is 13.4. The van der Waals surface area contributed by atoms with Crippen molar-refractivity contribution in [3.63, 3.8) is 0 Å². The Morgan fingerprint density at radius 1 is 1.39 bits per heavy atom. The second-order valence-corrected chi connectivity index (χ2v) is 8.47. The van der Waals surface area contributed by atoms with Crippen molar-refractivity contribution in [3.05, 3.63) is 47.5 Å². The fraction of sp³-hybridized carbons (Fsp3) is 0.438. The van der Waals surface area contributed by atoms with E-state index in [0.29, 0.717) is 18.9 Å². The number of ether oxygens (including phenoxy) is 1. The lowest BCUT2D eigenvalue weighted by molar-refractivity contribution is 0.0842. The van der Waals surface area contributed by atoms with Crippen molar-refractivity contribution >= 4 is 11.4 Å². The quantitative estimate of drug-likeness (QED) is 0.875. The van der Waals surface area contributed by atoms with Crippen molar-refractivity contribution < 1.29 is 13.7 Å². The van der Waals surface area contributed by atoms with Crippen molar-refractivity contribution in [1.29, 1.82) is 0 Å². The first-order valence-corrected chi connectivity index (χ1v) is 8.60. The van der Waals surface area contributed by atoms with Crippen LogP contribution in [0, 0.1) is 5.82 Å². The van der Waals surface area contributed by atoms with Crippen LogP contribution in [0.25, 0.3) is 5.69 Å². The Balaban J connectivity index is 1.92. The van der Waals surface area contributed by atoms with E-state index in [-0.39, 0.29) is 16.6 Å². The Labute approximate surface area is 138 Å².